The summed E-state index contributed by atoms with van der Waals surface area (Å²) in [5, 5.41) is 12.9. The number of nitrogens with two attached hydrogens (primary N) is 1. The molecule has 0 spiro atoms. The molecule has 1 atom stereocenters. The average Bonchev–Trinajstić information content (AvgIpc) is 3.08. The quantitative estimate of drug-likeness (QED) is 0.383. The Bertz CT molecular complexity index is 612. The molecule has 1 aromatic carbocycles. The molecule has 1 aromatic heterocycles. The Hall–Kier alpha value is -2.01. The van der Waals surface area contributed by atoms with Crippen LogP contribution in [0.4, 0.5) is 0 Å². The molecule has 1 saturated heterocycles. The first-order valence-corrected chi connectivity index (χ1v) is 6.46. The van der Waals surface area contributed by atoms with Crippen molar-refractivity contribution in [3.05, 3.63) is 36.0 Å². The standard InChI is InChI=1S/C14H17N3O2/c15-14(16-18)11-4-3-10-5-6-17(13(10)8-11)9-12-2-1-7-19-12/h3-6,8,12,18H,1-2,7,9H2,(H2,15,16). The number of rotatable bonds is 3. The van der Waals surface area contributed by atoms with Crippen molar-refractivity contribution in [1.29, 1.82) is 0 Å². The van der Waals surface area contributed by atoms with Gasteiger partial charge in [-0.05, 0) is 30.4 Å². The van der Waals surface area contributed by atoms with Gasteiger partial charge >= 0.3 is 0 Å². The Labute approximate surface area is 111 Å². The van der Waals surface area contributed by atoms with Crippen LogP contribution in [0.1, 0.15) is 18.4 Å². The number of nitrogens with zero attached hydrogens (tertiary/aromatic N) is 2. The Morgan fingerprint density at radius 3 is 3.11 bits per heavy atom. The Kier molecular flexibility index (Phi) is 3.13. The minimum absolute atomic E-state index is 0.131. The summed E-state index contributed by atoms with van der Waals surface area (Å²) < 4.78 is 7.83. The van der Waals surface area contributed by atoms with Gasteiger partial charge in [-0.1, -0.05) is 17.3 Å². The molecule has 5 nitrogen and oxygen atoms in total. The van der Waals surface area contributed by atoms with Crippen LogP contribution in [0.3, 0.4) is 0 Å². The molecule has 19 heavy (non-hydrogen) atoms. The Morgan fingerprint density at radius 2 is 2.37 bits per heavy atom. The van der Waals surface area contributed by atoms with Crippen LogP contribution >= 0.6 is 0 Å². The van der Waals surface area contributed by atoms with E-state index in [2.05, 4.69) is 22.0 Å². The van der Waals surface area contributed by atoms with Crippen LogP contribution < -0.4 is 5.73 Å². The molecule has 100 valence electrons. The summed E-state index contributed by atoms with van der Waals surface area (Å²) in [5.41, 5.74) is 7.44. The van der Waals surface area contributed by atoms with Gasteiger partial charge in [-0.15, -0.1) is 0 Å². The first-order chi connectivity index (χ1) is 9.28. The Balaban J connectivity index is 1.95. The lowest BCUT2D eigenvalue weighted by molar-refractivity contribution is 0.0980. The van der Waals surface area contributed by atoms with E-state index in [1.807, 2.05) is 18.2 Å². The van der Waals surface area contributed by atoms with Crippen molar-refractivity contribution in [3.63, 3.8) is 0 Å². The number of benzene rings is 1. The lowest BCUT2D eigenvalue weighted by atomic mass is 10.1. The third-order valence-electron chi connectivity index (χ3n) is 3.60. The zero-order valence-corrected chi connectivity index (χ0v) is 10.6. The molecule has 3 rings (SSSR count). The van der Waals surface area contributed by atoms with Crippen molar-refractivity contribution in [2.75, 3.05) is 6.61 Å². The molecule has 5 heteroatoms. The topological polar surface area (TPSA) is 72.8 Å². The lowest BCUT2D eigenvalue weighted by Gasteiger charge is -2.12. The van der Waals surface area contributed by atoms with Gasteiger partial charge in [-0.2, -0.15) is 0 Å². The third-order valence-corrected chi connectivity index (χ3v) is 3.60. The van der Waals surface area contributed by atoms with Gasteiger partial charge in [-0.25, -0.2) is 0 Å². The third kappa shape index (κ3) is 2.29. The summed E-state index contributed by atoms with van der Waals surface area (Å²) in [7, 11) is 0. The van der Waals surface area contributed by atoms with E-state index in [1.165, 1.54) is 0 Å². The molecule has 3 N–H and O–H groups in total. The molecular weight excluding hydrogens is 242 g/mol. The molecule has 0 amide bonds. The predicted octanol–water partition coefficient (Wildman–Crippen LogP) is 1.91. The number of aromatic nitrogens is 1. The van der Waals surface area contributed by atoms with E-state index < -0.39 is 0 Å². The number of fused-ring (bicyclic) bond motifs is 1. The maximum Gasteiger partial charge on any atom is 0.170 e. The van der Waals surface area contributed by atoms with E-state index in [4.69, 9.17) is 15.7 Å². The fraction of sp³-hybridized carbons (Fsp3) is 0.357. The van der Waals surface area contributed by atoms with Gasteiger partial charge in [0, 0.05) is 30.4 Å². The van der Waals surface area contributed by atoms with Crippen LogP contribution in [0.25, 0.3) is 10.9 Å². The van der Waals surface area contributed by atoms with Crippen molar-refractivity contribution in [3.8, 4) is 0 Å². The molecule has 2 heterocycles. The van der Waals surface area contributed by atoms with Crippen LogP contribution in [-0.2, 0) is 11.3 Å². The van der Waals surface area contributed by atoms with Crippen molar-refractivity contribution in [2.45, 2.75) is 25.5 Å². The van der Waals surface area contributed by atoms with Crippen molar-refractivity contribution >= 4 is 16.7 Å². The molecule has 0 radical (unpaired) electrons. The summed E-state index contributed by atoms with van der Waals surface area (Å²) >= 11 is 0. The second-order valence-electron chi connectivity index (χ2n) is 4.86. The zero-order valence-electron chi connectivity index (χ0n) is 10.6. The molecule has 0 aliphatic carbocycles. The number of oxime groups is 1. The van der Waals surface area contributed by atoms with Gasteiger partial charge in [0.1, 0.15) is 0 Å². The summed E-state index contributed by atoms with van der Waals surface area (Å²) in [6, 6.07) is 7.85. The van der Waals surface area contributed by atoms with Crippen LogP contribution in [0.15, 0.2) is 35.6 Å². The fourth-order valence-corrected chi connectivity index (χ4v) is 2.57. The normalized spacial score (nSPS) is 20.2. The highest BCUT2D eigenvalue weighted by molar-refractivity contribution is 6.00. The minimum atomic E-state index is 0.131. The second-order valence-corrected chi connectivity index (χ2v) is 4.86. The summed E-state index contributed by atoms with van der Waals surface area (Å²) in [5.74, 6) is 0.131. The van der Waals surface area contributed by atoms with E-state index in [0.717, 1.165) is 42.5 Å². The van der Waals surface area contributed by atoms with Gasteiger partial charge in [-0.3, -0.25) is 0 Å². The SMILES string of the molecule is N/C(=N/O)c1ccc2ccn(CC3CCCO3)c2c1. The van der Waals surface area contributed by atoms with Crippen LogP contribution in [-0.4, -0.2) is 28.3 Å². The number of ether oxygens (including phenoxy) is 1. The molecule has 1 fully saturated rings. The molecule has 1 unspecified atom stereocenters. The van der Waals surface area contributed by atoms with Crippen molar-refractivity contribution in [2.24, 2.45) is 10.9 Å². The number of hydrogen-bond donors (Lipinski definition) is 2. The summed E-state index contributed by atoms with van der Waals surface area (Å²) in [6.07, 6.45) is 4.60. The molecule has 2 aromatic rings. The molecular formula is C14H17N3O2. The zero-order chi connectivity index (χ0) is 13.2. The highest BCUT2D eigenvalue weighted by Crippen LogP contribution is 2.21. The maximum absolute atomic E-state index is 8.75. The van der Waals surface area contributed by atoms with Gasteiger partial charge in [0.25, 0.3) is 0 Å². The van der Waals surface area contributed by atoms with Crippen molar-refractivity contribution < 1.29 is 9.94 Å². The molecule has 0 bridgehead atoms. The average molecular weight is 259 g/mol. The van der Waals surface area contributed by atoms with E-state index in [-0.39, 0.29) is 5.84 Å². The van der Waals surface area contributed by atoms with Crippen LogP contribution in [0, 0.1) is 0 Å². The van der Waals surface area contributed by atoms with Crippen LogP contribution in [0.2, 0.25) is 0 Å². The minimum Gasteiger partial charge on any atom is -0.409 e. The monoisotopic (exact) mass is 259 g/mol. The van der Waals surface area contributed by atoms with Gasteiger partial charge in [0.05, 0.1) is 6.10 Å². The van der Waals surface area contributed by atoms with Gasteiger partial charge in [0.2, 0.25) is 0 Å². The highest BCUT2D eigenvalue weighted by Gasteiger charge is 2.16. The predicted molar refractivity (Wildman–Crippen MR) is 73.4 cm³/mol. The first kappa shape index (κ1) is 12.0. The first-order valence-electron chi connectivity index (χ1n) is 6.46. The van der Waals surface area contributed by atoms with E-state index in [9.17, 15) is 0 Å². The lowest BCUT2D eigenvalue weighted by Crippen LogP contribution is -2.15. The largest absolute Gasteiger partial charge is 0.409 e. The van der Waals surface area contributed by atoms with Crippen LogP contribution in [0.5, 0.6) is 0 Å². The van der Waals surface area contributed by atoms with E-state index >= 15 is 0 Å². The number of amidine groups is 1. The van der Waals surface area contributed by atoms with Gasteiger partial charge in [0.15, 0.2) is 5.84 Å². The highest BCUT2D eigenvalue weighted by atomic mass is 16.5. The summed E-state index contributed by atoms with van der Waals surface area (Å²) in [4.78, 5) is 0. The fourth-order valence-electron chi connectivity index (χ4n) is 2.57. The van der Waals surface area contributed by atoms with Crippen molar-refractivity contribution in [1.82, 2.24) is 4.57 Å². The van der Waals surface area contributed by atoms with E-state index in [0.29, 0.717) is 6.10 Å². The van der Waals surface area contributed by atoms with Gasteiger partial charge < -0.3 is 20.2 Å². The maximum atomic E-state index is 8.75. The molecule has 1 aliphatic rings. The smallest absolute Gasteiger partial charge is 0.170 e. The second kappa shape index (κ2) is 4.93. The Morgan fingerprint density at radius 1 is 1.47 bits per heavy atom. The summed E-state index contributed by atoms with van der Waals surface area (Å²) in [6.45, 7) is 1.71. The van der Waals surface area contributed by atoms with E-state index in [1.54, 1.807) is 0 Å². The number of hydrogen-bond acceptors (Lipinski definition) is 3. The molecule has 1 aliphatic heterocycles. The molecule has 0 saturated carbocycles.